The minimum atomic E-state index is -1.17. The van der Waals surface area contributed by atoms with Gasteiger partial charge in [0.15, 0.2) is 0 Å². The van der Waals surface area contributed by atoms with Crippen molar-refractivity contribution in [3.05, 3.63) is 28.7 Å². The first-order valence-corrected chi connectivity index (χ1v) is 10.2. The largest absolute Gasteiger partial charge is 0.468 e. The van der Waals surface area contributed by atoms with Gasteiger partial charge in [-0.1, -0.05) is 12.1 Å². The normalized spacial score (nSPS) is 21.9. The first-order valence-electron chi connectivity index (χ1n) is 8.62. The van der Waals surface area contributed by atoms with E-state index in [1.807, 2.05) is 24.3 Å². The lowest BCUT2D eigenvalue weighted by Gasteiger charge is -2.28. The number of thioether (sulfide) groups is 1. The molecule has 154 valence electrons. The molecule has 1 amide bonds. The van der Waals surface area contributed by atoms with Crippen LogP contribution >= 0.6 is 27.7 Å². The number of carbonyl (C=O) groups is 3. The van der Waals surface area contributed by atoms with E-state index >= 15 is 0 Å². The molecule has 28 heavy (non-hydrogen) atoms. The Balaban J connectivity index is 2.43. The van der Waals surface area contributed by atoms with Gasteiger partial charge in [-0.15, -0.1) is 11.8 Å². The van der Waals surface area contributed by atoms with Gasteiger partial charge in [-0.25, -0.2) is 9.59 Å². The Kier molecular flexibility index (Phi) is 7.03. The van der Waals surface area contributed by atoms with Crippen molar-refractivity contribution in [3.63, 3.8) is 0 Å². The van der Waals surface area contributed by atoms with Crippen LogP contribution in [0.4, 0.5) is 4.79 Å². The maximum Gasteiger partial charge on any atom is 0.411 e. The number of methoxy groups -OCH3 is 2. The van der Waals surface area contributed by atoms with Gasteiger partial charge in [0.25, 0.3) is 0 Å². The van der Waals surface area contributed by atoms with Crippen molar-refractivity contribution in [2.24, 2.45) is 0 Å². The molecular weight excluding hydrogens is 450 g/mol. The average Bonchev–Trinajstić information content (AvgIpc) is 3.02. The first-order chi connectivity index (χ1) is 13.0. The van der Waals surface area contributed by atoms with Gasteiger partial charge in [-0.3, -0.25) is 9.69 Å². The fourth-order valence-corrected chi connectivity index (χ4v) is 4.79. The van der Waals surface area contributed by atoms with E-state index in [0.717, 1.165) is 9.37 Å². The molecule has 0 bridgehead atoms. The second-order valence-electron chi connectivity index (χ2n) is 7.37. The third-order valence-electron chi connectivity index (χ3n) is 4.13. The van der Waals surface area contributed by atoms with Gasteiger partial charge in [-0.2, -0.15) is 0 Å². The third kappa shape index (κ3) is 5.00. The second kappa shape index (κ2) is 8.73. The lowest BCUT2D eigenvalue weighted by atomic mass is 10.0. The van der Waals surface area contributed by atoms with E-state index in [1.54, 1.807) is 20.8 Å². The van der Waals surface area contributed by atoms with Crippen molar-refractivity contribution in [2.45, 2.75) is 48.5 Å². The van der Waals surface area contributed by atoms with Crippen LogP contribution in [0.5, 0.6) is 0 Å². The Morgan fingerprint density at radius 2 is 1.82 bits per heavy atom. The average molecular weight is 474 g/mol. The summed E-state index contributed by atoms with van der Waals surface area (Å²) in [5, 5.41) is 0. The lowest BCUT2D eigenvalue weighted by Crippen LogP contribution is -2.45. The van der Waals surface area contributed by atoms with Crippen molar-refractivity contribution in [1.82, 2.24) is 4.90 Å². The van der Waals surface area contributed by atoms with Gasteiger partial charge in [0.05, 0.1) is 20.8 Å². The Morgan fingerprint density at radius 3 is 2.36 bits per heavy atom. The molecule has 0 saturated carbocycles. The van der Waals surface area contributed by atoms with Crippen LogP contribution in [0.1, 0.15) is 27.2 Å². The van der Waals surface area contributed by atoms with Crippen LogP contribution < -0.4 is 0 Å². The number of esters is 2. The quantitative estimate of drug-likeness (QED) is 0.487. The summed E-state index contributed by atoms with van der Waals surface area (Å²) in [5.74, 6) is -1.13. The summed E-state index contributed by atoms with van der Waals surface area (Å²) in [6.07, 6.45) is -0.626. The highest BCUT2D eigenvalue weighted by Crippen LogP contribution is 2.46. The minimum absolute atomic E-state index is 0.0413. The number of hydrogen-bond acceptors (Lipinski definition) is 7. The molecular formula is C19H24BrNO6S. The Bertz CT molecular complexity index is 765. The van der Waals surface area contributed by atoms with Crippen LogP contribution in [0.25, 0.3) is 0 Å². The molecule has 9 heteroatoms. The zero-order valence-corrected chi connectivity index (χ0v) is 18.9. The number of halogens is 1. The summed E-state index contributed by atoms with van der Waals surface area (Å²) in [6.45, 7) is 5.16. The summed E-state index contributed by atoms with van der Waals surface area (Å²) in [7, 11) is 2.53. The van der Waals surface area contributed by atoms with Gasteiger partial charge < -0.3 is 14.2 Å². The number of nitrogens with zero attached hydrogens (tertiary/aromatic N) is 1. The molecule has 0 aliphatic carbocycles. The molecule has 0 aromatic heterocycles. The van der Waals surface area contributed by atoms with Crippen LogP contribution in [0, 0.1) is 0 Å². The maximum atomic E-state index is 12.8. The summed E-state index contributed by atoms with van der Waals surface area (Å²) in [4.78, 5) is 39.9. The van der Waals surface area contributed by atoms with Gasteiger partial charge >= 0.3 is 18.0 Å². The van der Waals surface area contributed by atoms with Crippen LogP contribution in [0.3, 0.4) is 0 Å². The van der Waals surface area contributed by atoms with Crippen LogP contribution in [-0.4, -0.2) is 60.1 Å². The molecule has 2 rings (SSSR count). The number of ether oxygens (including phenoxy) is 3. The van der Waals surface area contributed by atoms with E-state index in [0.29, 0.717) is 0 Å². The maximum absolute atomic E-state index is 12.8. The number of rotatable bonds is 4. The fourth-order valence-electron chi connectivity index (χ4n) is 2.92. The molecule has 0 spiro atoms. The highest BCUT2D eigenvalue weighted by Gasteiger charge is 2.56. The van der Waals surface area contributed by atoms with E-state index in [-0.39, 0.29) is 13.0 Å². The van der Waals surface area contributed by atoms with Gasteiger partial charge in [0.2, 0.25) is 0 Å². The van der Waals surface area contributed by atoms with Crippen molar-refractivity contribution in [1.29, 1.82) is 0 Å². The number of hydrogen-bond donors (Lipinski definition) is 0. The van der Waals surface area contributed by atoms with E-state index < -0.39 is 34.4 Å². The molecule has 1 aliphatic heterocycles. The summed E-state index contributed by atoms with van der Waals surface area (Å²) < 4.78 is 15.0. The summed E-state index contributed by atoms with van der Waals surface area (Å²) in [6, 6.07) is 6.46. The lowest BCUT2D eigenvalue weighted by molar-refractivity contribution is -0.145. The van der Waals surface area contributed by atoms with Gasteiger partial charge in [-0.05, 0) is 48.8 Å². The number of amides is 1. The molecule has 1 fully saturated rings. The predicted molar refractivity (Wildman–Crippen MR) is 108 cm³/mol. The second-order valence-corrected chi connectivity index (χ2v) is 9.65. The molecule has 2 atom stereocenters. The Labute approximate surface area is 177 Å². The van der Waals surface area contributed by atoms with E-state index in [2.05, 4.69) is 15.9 Å². The molecule has 7 nitrogen and oxygen atoms in total. The van der Waals surface area contributed by atoms with Crippen LogP contribution in [0.15, 0.2) is 33.6 Å². The highest BCUT2D eigenvalue weighted by molar-refractivity contribution is 9.10. The molecule has 1 saturated heterocycles. The van der Waals surface area contributed by atoms with Crippen LogP contribution in [-0.2, 0) is 23.8 Å². The number of likely N-dealkylation sites (tertiary alicyclic amines) is 1. The van der Waals surface area contributed by atoms with E-state index in [4.69, 9.17) is 14.2 Å². The summed E-state index contributed by atoms with van der Waals surface area (Å²) in [5.41, 5.74) is -0.746. The van der Waals surface area contributed by atoms with Crippen molar-refractivity contribution < 1.29 is 28.6 Å². The number of benzene rings is 1. The first kappa shape index (κ1) is 22.5. The fraction of sp³-hybridized carbons (Fsp3) is 0.526. The zero-order valence-electron chi connectivity index (χ0n) is 16.5. The topological polar surface area (TPSA) is 82.1 Å². The summed E-state index contributed by atoms with van der Waals surface area (Å²) >= 11 is 4.72. The minimum Gasteiger partial charge on any atom is -0.468 e. The van der Waals surface area contributed by atoms with Crippen molar-refractivity contribution in [3.8, 4) is 0 Å². The molecule has 0 unspecified atom stereocenters. The Hall–Kier alpha value is -1.74. The highest BCUT2D eigenvalue weighted by atomic mass is 79.9. The predicted octanol–water partition coefficient (Wildman–Crippen LogP) is 3.64. The SMILES string of the molecule is COC(=O)[C@@H]1C[C@](Sc2ccccc2Br)(C(=O)OC)CN1C(=O)OC(C)(C)C. The molecule has 1 aromatic rings. The third-order valence-corrected chi connectivity index (χ3v) is 6.51. The molecule has 0 radical (unpaired) electrons. The van der Waals surface area contributed by atoms with Crippen molar-refractivity contribution in [2.75, 3.05) is 20.8 Å². The van der Waals surface area contributed by atoms with Gasteiger partial charge in [0.1, 0.15) is 16.4 Å². The molecule has 0 N–H and O–H groups in total. The zero-order chi connectivity index (χ0) is 21.1. The van der Waals surface area contributed by atoms with E-state index in [1.165, 1.54) is 30.9 Å². The molecule has 1 aliphatic rings. The number of carbonyl (C=O) groups excluding carboxylic acids is 3. The molecule has 1 heterocycles. The van der Waals surface area contributed by atoms with Crippen LogP contribution in [0.2, 0.25) is 0 Å². The van der Waals surface area contributed by atoms with E-state index in [9.17, 15) is 14.4 Å². The smallest absolute Gasteiger partial charge is 0.411 e. The van der Waals surface area contributed by atoms with Gasteiger partial charge in [0, 0.05) is 15.8 Å². The monoisotopic (exact) mass is 473 g/mol. The molecule has 1 aromatic carbocycles. The Morgan fingerprint density at radius 1 is 1.18 bits per heavy atom. The van der Waals surface area contributed by atoms with Crippen molar-refractivity contribution >= 4 is 45.7 Å². The standard InChI is InChI=1S/C19H24BrNO6S/c1-18(2,3)27-17(24)21-11-19(16(23)26-5,10-13(21)15(22)25-4)28-14-9-7-6-8-12(14)20/h6-9,13H,10-11H2,1-5H3/t13-,19+/m0/s1.